The molecule has 0 radical (unpaired) electrons. The second-order valence-electron chi connectivity index (χ2n) is 7.82. The number of anilines is 1. The maximum atomic E-state index is 13.1. The Hall–Kier alpha value is -3.83. The number of nitro groups is 1. The molecule has 9 nitrogen and oxygen atoms in total. The van der Waals surface area contributed by atoms with Gasteiger partial charge in [0.25, 0.3) is 17.5 Å². The van der Waals surface area contributed by atoms with Crippen LogP contribution in [-0.4, -0.2) is 22.8 Å². The van der Waals surface area contributed by atoms with E-state index in [1.807, 2.05) is 31.2 Å². The summed E-state index contributed by atoms with van der Waals surface area (Å²) in [6, 6.07) is 15.2. The molecule has 1 heterocycles. The number of amides is 4. The number of carbonyl (C=O) groups excluding carboxylic acids is 3. The van der Waals surface area contributed by atoms with Crippen LogP contribution in [0.15, 0.2) is 75.2 Å². The van der Waals surface area contributed by atoms with Crippen molar-refractivity contribution in [2.45, 2.75) is 13.5 Å². The number of nitrogens with zero attached hydrogens (tertiary/aromatic N) is 2. The molecule has 36 heavy (non-hydrogen) atoms. The number of barbiturate groups is 1. The summed E-state index contributed by atoms with van der Waals surface area (Å²) in [5, 5.41) is 13.0. The molecule has 3 aromatic carbocycles. The van der Waals surface area contributed by atoms with Crippen LogP contribution in [0.3, 0.4) is 0 Å². The second-order valence-corrected chi connectivity index (χ2v) is 9.53. The third-order valence-electron chi connectivity index (χ3n) is 5.26. The third-order valence-corrected chi connectivity index (χ3v) is 6.43. The van der Waals surface area contributed by atoms with Crippen molar-refractivity contribution < 1.29 is 24.0 Å². The van der Waals surface area contributed by atoms with Gasteiger partial charge in [-0.25, -0.2) is 9.69 Å². The van der Waals surface area contributed by atoms with E-state index in [-0.39, 0.29) is 16.9 Å². The molecule has 1 aliphatic rings. The van der Waals surface area contributed by atoms with E-state index >= 15 is 0 Å². The molecule has 1 N–H and O–H groups in total. The van der Waals surface area contributed by atoms with Crippen molar-refractivity contribution in [3.05, 3.63) is 102 Å². The minimum Gasteiger partial charge on any atom is -0.487 e. The van der Waals surface area contributed by atoms with Crippen LogP contribution in [-0.2, 0) is 16.2 Å². The van der Waals surface area contributed by atoms with Gasteiger partial charge in [-0.15, -0.1) is 0 Å². The molecule has 1 aliphatic heterocycles. The highest BCUT2D eigenvalue weighted by molar-refractivity contribution is 9.11. The number of halogens is 2. The summed E-state index contributed by atoms with van der Waals surface area (Å²) >= 11 is 6.93. The maximum absolute atomic E-state index is 13.1. The topological polar surface area (TPSA) is 119 Å². The zero-order valence-corrected chi connectivity index (χ0v) is 21.8. The summed E-state index contributed by atoms with van der Waals surface area (Å²) in [5.74, 6) is -1.17. The number of urea groups is 1. The van der Waals surface area contributed by atoms with Crippen LogP contribution in [0.1, 0.15) is 16.7 Å². The van der Waals surface area contributed by atoms with Crippen LogP contribution < -0.4 is 15.0 Å². The van der Waals surface area contributed by atoms with Gasteiger partial charge in [0, 0.05) is 12.1 Å². The number of non-ortho nitro benzene ring substituents is 1. The van der Waals surface area contributed by atoms with Crippen molar-refractivity contribution in [3.8, 4) is 5.75 Å². The first kappa shape index (κ1) is 25.3. The highest BCUT2D eigenvalue weighted by Crippen LogP contribution is 2.36. The number of nitro benzene ring substituents is 1. The quantitative estimate of drug-likeness (QED) is 0.165. The monoisotopic (exact) mass is 613 g/mol. The summed E-state index contributed by atoms with van der Waals surface area (Å²) < 4.78 is 7.11. The number of ether oxygens (including phenoxy) is 1. The Kier molecular flexibility index (Phi) is 7.32. The highest BCUT2D eigenvalue weighted by Gasteiger charge is 2.37. The minimum absolute atomic E-state index is 0.0868. The normalized spacial score (nSPS) is 14.7. The van der Waals surface area contributed by atoms with E-state index in [1.54, 1.807) is 12.1 Å². The first-order chi connectivity index (χ1) is 17.1. The van der Waals surface area contributed by atoms with E-state index < -0.39 is 22.8 Å². The third kappa shape index (κ3) is 5.37. The Balaban J connectivity index is 1.59. The largest absolute Gasteiger partial charge is 0.487 e. The average molecular weight is 615 g/mol. The molecule has 0 aliphatic carbocycles. The number of aryl methyl sites for hydroxylation is 1. The molecule has 0 atom stereocenters. The Morgan fingerprint density at radius 2 is 1.61 bits per heavy atom. The van der Waals surface area contributed by atoms with Crippen LogP contribution >= 0.6 is 31.9 Å². The molecule has 11 heteroatoms. The molecule has 0 unspecified atom stereocenters. The predicted octanol–water partition coefficient (Wildman–Crippen LogP) is 5.67. The van der Waals surface area contributed by atoms with E-state index in [0.717, 1.165) is 16.0 Å². The molecule has 0 saturated carbocycles. The molecule has 0 bridgehead atoms. The SMILES string of the molecule is Cc1ccc(COc2c(Br)cc(/C=C3\C(=O)NC(=O)N(c4ccc([N+](=O)[O-])cc4)C3=O)cc2Br)cc1. The number of carbonyl (C=O) groups is 3. The number of nitrogens with one attached hydrogen (secondary N) is 1. The Morgan fingerprint density at radius 3 is 2.19 bits per heavy atom. The van der Waals surface area contributed by atoms with Crippen LogP contribution in [0.4, 0.5) is 16.2 Å². The van der Waals surface area contributed by atoms with Gasteiger partial charge in [-0.05, 0) is 80.3 Å². The number of imide groups is 2. The highest BCUT2D eigenvalue weighted by atomic mass is 79.9. The molecule has 3 aromatic rings. The summed E-state index contributed by atoms with van der Waals surface area (Å²) in [6.07, 6.45) is 1.35. The van der Waals surface area contributed by atoms with Gasteiger partial charge in [0.15, 0.2) is 0 Å². The van der Waals surface area contributed by atoms with Crippen LogP contribution in [0.5, 0.6) is 5.75 Å². The van der Waals surface area contributed by atoms with E-state index in [9.17, 15) is 24.5 Å². The first-order valence-electron chi connectivity index (χ1n) is 10.5. The minimum atomic E-state index is -0.946. The molecule has 1 fully saturated rings. The summed E-state index contributed by atoms with van der Waals surface area (Å²) in [6.45, 7) is 2.34. The van der Waals surface area contributed by atoms with E-state index in [2.05, 4.69) is 37.2 Å². The van der Waals surface area contributed by atoms with Gasteiger partial charge in [-0.3, -0.25) is 25.0 Å². The lowest BCUT2D eigenvalue weighted by Gasteiger charge is -2.26. The summed E-state index contributed by atoms with van der Waals surface area (Å²) in [7, 11) is 0. The Bertz CT molecular complexity index is 1400. The Morgan fingerprint density at radius 1 is 1.00 bits per heavy atom. The van der Waals surface area contributed by atoms with Gasteiger partial charge in [0.1, 0.15) is 17.9 Å². The van der Waals surface area contributed by atoms with Gasteiger partial charge in [0.05, 0.1) is 19.6 Å². The fourth-order valence-electron chi connectivity index (χ4n) is 3.42. The predicted molar refractivity (Wildman–Crippen MR) is 139 cm³/mol. The molecule has 1 saturated heterocycles. The molecule has 4 amide bonds. The average Bonchev–Trinajstić information content (AvgIpc) is 2.82. The van der Waals surface area contributed by atoms with E-state index in [4.69, 9.17) is 4.74 Å². The number of hydrogen-bond donors (Lipinski definition) is 1. The lowest BCUT2D eigenvalue weighted by Crippen LogP contribution is -2.54. The Labute approximate surface area is 222 Å². The van der Waals surface area contributed by atoms with Crippen molar-refractivity contribution >= 4 is 67.2 Å². The standard InChI is InChI=1S/C25H17Br2N3O6/c1-14-2-4-15(5-3-14)13-36-22-20(26)11-16(12-21(22)27)10-19-23(31)28-25(33)29(24(19)32)17-6-8-18(9-7-17)30(34)35/h2-12H,13H2,1H3,(H,28,31,33)/b19-10+. The molecular formula is C25H17Br2N3O6. The van der Waals surface area contributed by atoms with Crippen molar-refractivity contribution in [2.24, 2.45) is 0 Å². The fraction of sp³-hybridized carbons (Fsp3) is 0.0800. The molecule has 0 aromatic heterocycles. The molecule has 182 valence electrons. The summed E-state index contributed by atoms with van der Waals surface area (Å²) in [5.41, 5.74) is 2.24. The lowest BCUT2D eigenvalue weighted by atomic mass is 10.1. The molecule has 4 rings (SSSR count). The fourth-order valence-corrected chi connectivity index (χ4v) is 4.87. The molecular weight excluding hydrogens is 598 g/mol. The number of rotatable bonds is 6. The van der Waals surface area contributed by atoms with Gasteiger partial charge in [0.2, 0.25) is 0 Å². The van der Waals surface area contributed by atoms with E-state index in [0.29, 0.717) is 26.9 Å². The summed E-state index contributed by atoms with van der Waals surface area (Å²) in [4.78, 5) is 49.0. The zero-order valence-electron chi connectivity index (χ0n) is 18.7. The van der Waals surface area contributed by atoms with Gasteiger partial charge >= 0.3 is 6.03 Å². The second kappa shape index (κ2) is 10.4. The van der Waals surface area contributed by atoms with Gasteiger partial charge in [-0.1, -0.05) is 29.8 Å². The van der Waals surface area contributed by atoms with Crippen molar-refractivity contribution in [1.29, 1.82) is 0 Å². The van der Waals surface area contributed by atoms with Crippen molar-refractivity contribution in [3.63, 3.8) is 0 Å². The van der Waals surface area contributed by atoms with Crippen molar-refractivity contribution in [2.75, 3.05) is 4.90 Å². The van der Waals surface area contributed by atoms with Gasteiger partial charge in [-0.2, -0.15) is 0 Å². The number of hydrogen-bond acceptors (Lipinski definition) is 6. The maximum Gasteiger partial charge on any atom is 0.335 e. The molecule has 0 spiro atoms. The number of benzene rings is 3. The van der Waals surface area contributed by atoms with Gasteiger partial charge < -0.3 is 4.74 Å². The zero-order chi connectivity index (χ0) is 26.0. The van der Waals surface area contributed by atoms with Crippen molar-refractivity contribution in [1.82, 2.24) is 5.32 Å². The first-order valence-corrected chi connectivity index (χ1v) is 12.1. The van der Waals surface area contributed by atoms with Crippen LogP contribution in [0.25, 0.3) is 6.08 Å². The van der Waals surface area contributed by atoms with Crippen LogP contribution in [0, 0.1) is 17.0 Å². The smallest absolute Gasteiger partial charge is 0.335 e. The lowest BCUT2D eigenvalue weighted by molar-refractivity contribution is -0.384. The van der Waals surface area contributed by atoms with E-state index in [1.165, 1.54) is 30.3 Å². The van der Waals surface area contributed by atoms with Crippen LogP contribution in [0.2, 0.25) is 0 Å².